The molecule has 1 aliphatic rings. The maximum atomic E-state index is 6.25. The molecule has 2 N–H and O–H groups in total. The Morgan fingerprint density at radius 1 is 0.818 bits per heavy atom. The summed E-state index contributed by atoms with van der Waals surface area (Å²) in [4.78, 5) is 0. The second-order valence-electron chi connectivity index (χ2n) is 6.83. The first kappa shape index (κ1) is 15.3. The summed E-state index contributed by atoms with van der Waals surface area (Å²) in [5.74, 6) is 1.47. The first-order valence-electron chi connectivity index (χ1n) is 8.64. The van der Waals surface area contributed by atoms with Crippen LogP contribution in [0, 0.1) is 11.8 Å². The Kier molecular flexibility index (Phi) is 5.29. The van der Waals surface area contributed by atoms with Crippen LogP contribution in [0.1, 0.15) is 36.8 Å². The Bertz CT molecular complexity index is 507. The minimum atomic E-state index is 0.410. The first-order valence-corrected chi connectivity index (χ1v) is 8.64. The Hall–Kier alpha value is -1.60. The van der Waals surface area contributed by atoms with Crippen LogP contribution in [0.2, 0.25) is 0 Å². The van der Waals surface area contributed by atoms with Gasteiger partial charge < -0.3 is 5.73 Å². The van der Waals surface area contributed by atoms with Gasteiger partial charge in [-0.1, -0.05) is 73.5 Å². The number of hydrogen-bond donors (Lipinski definition) is 1. The molecular formula is C21H27N. The van der Waals surface area contributed by atoms with Gasteiger partial charge in [0.1, 0.15) is 0 Å². The molecule has 0 spiro atoms. The summed E-state index contributed by atoms with van der Waals surface area (Å²) in [5.41, 5.74) is 9.17. The highest BCUT2D eigenvalue weighted by Gasteiger charge is 2.27. The fourth-order valence-corrected chi connectivity index (χ4v) is 3.93. The minimum Gasteiger partial charge on any atom is -0.328 e. The lowest BCUT2D eigenvalue weighted by Gasteiger charge is -2.33. The summed E-state index contributed by atoms with van der Waals surface area (Å²) < 4.78 is 0. The van der Waals surface area contributed by atoms with Crippen LogP contribution in [0.3, 0.4) is 0 Å². The second-order valence-corrected chi connectivity index (χ2v) is 6.83. The maximum absolute atomic E-state index is 6.25. The molecule has 116 valence electrons. The Balaban J connectivity index is 1.75. The van der Waals surface area contributed by atoms with E-state index in [1.807, 2.05) is 0 Å². The second kappa shape index (κ2) is 7.60. The normalized spacial score (nSPS) is 21.9. The molecule has 0 aromatic heterocycles. The van der Waals surface area contributed by atoms with Crippen molar-refractivity contribution in [2.75, 3.05) is 0 Å². The van der Waals surface area contributed by atoms with Gasteiger partial charge in [-0.25, -0.2) is 0 Å². The summed E-state index contributed by atoms with van der Waals surface area (Å²) in [5, 5.41) is 0. The average molecular weight is 293 g/mol. The van der Waals surface area contributed by atoms with Crippen LogP contribution in [0.15, 0.2) is 60.7 Å². The van der Waals surface area contributed by atoms with Crippen molar-refractivity contribution in [3.05, 3.63) is 71.8 Å². The van der Waals surface area contributed by atoms with Gasteiger partial charge in [-0.3, -0.25) is 0 Å². The molecule has 1 saturated carbocycles. The van der Waals surface area contributed by atoms with Crippen LogP contribution in [-0.4, -0.2) is 6.04 Å². The zero-order valence-electron chi connectivity index (χ0n) is 13.3. The highest BCUT2D eigenvalue weighted by atomic mass is 14.6. The minimum absolute atomic E-state index is 0.410. The van der Waals surface area contributed by atoms with Crippen LogP contribution in [0.5, 0.6) is 0 Å². The topological polar surface area (TPSA) is 26.0 Å². The van der Waals surface area contributed by atoms with Crippen LogP contribution >= 0.6 is 0 Å². The van der Waals surface area contributed by atoms with Crippen molar-refractivity contribution in [2.45, 2.75) is 44.6 Å². The van der Waals surface area contributed by atoms with E-state index < -0.39 is 0 Å². The molecule has 0 bridgehead atoms. The molecule has 2 unspecified atom stereocenters. The van der Waals surface area contributed by atoms with E-state index in [-0.39, 0.29) is 0 Å². The van der Waals surface area contributed by atoms with Crippen molar-refractivity contribution < 1.29 is 0 Å². The predicted molar refractivity (Wildman–Crippen MR) is 93.7 cm³/mol. The van der Waals surface area contributed by atoms with Gasteiger partial charge in [0.25, 0.3) is 0 Å². The predicted octanol–water partition coefficient (Wildman–Crippen LogP) is 4.61. The fraction of sp³-hybridized carbons (Fsp3) is 0.429. The highest BCUT2D eigenvalue weighted by molar-refractivity contribution is 5.19. The van der Waals surface area contributed by atoms with Gasteiger partial charge in [0, 0.05) is 6.04 Å². The van der Waals surface area contributed by atoms with Crippen molar-refractivity contribution in [1.82, 2.24) is 0 Å². The van der Waals surface area contributed by atoms with E-state index in [0.29, 0.717) is 12.0 Å². The lowest BCUT2D eigenvalue weighted by Crippen LogP contribution is -2.33. The third kappa shape index (κ3) is 4.20. The quantitative estimate of drug-likeness (QED) is 0.856. The summed E-state index contributed by atoms with van der Waals surface area (Å²) in [6.45, 7) is 0. The van der Waals surface area contributed by atoms with Gasteiger partial charge in [-0.15, -0.1) is 0 Å². The summed E-state index contributed by atoms with van der Waals surface area (Å²) in [7, 11) is 0. The number of rotatable bonds is 5. The molecule has 1 fully saturated rings. The summed E-state index contributed by atoms with van der Waals surface area (Å²) >= 11 is 0. The van der Waals surface area contributed by atoms with Gasteiger partial charge in [0.15, 0.2) is 0 Å². The van der Waals surface area contributed by atoms with Crippen LogP contribution < -0.4 is 5.73 Å². The standard InChI is InChI=1S/C21H27N/c22-21-13-7-12-19(16-21)20(14-17-8-3-1-4-9-17)15-18-10-5-2-6-11-18/h1-6,8-11,19-21H,7,12-16,22H2. The Morgan fingerprint density at radius 3 is 1.86 bits per heavy atom. The molecule has 0 heterocycles. The number of benzene rings is 2. The summed E-state index contributed by atoms with van der Waals surface area (Å²) in [6, 6.07) is 22.3. The third-order valence-corrected chi connectivity index (χ3v) is 5.10. The third-order valence-electron chi connectivity index (χ3n) is 5.10. The van der Waals surface area contributed by atoms with E-state index in [4.69, 9.17) is 5.73 Å². The number of nitrogens with two attached hydrogens (primary N) is 1. The molecule has 0 radical (unpaired) electrons. The van der Waals surface area contributed by atoms with Gasteiger partial charge in [0.2, 0.25) is 0 Å². The smallest absolute Gasteiger partial charge is 0.00415 e. The number of hydrogen-bond acceptors (Lipinski definition) is 1. The fourth-order valence-electron chi connectivity index (χ4n) is 3.93. The molecule has 2 aromatic carbocycles. The van der Waals surface area contributed by atoms with Crippen molar-refractivity contribution in [3.63, 3.8) is 0 Å². The molecule has 1 aliphatic carbocycles. The molecular weight excluding hydrogens is 266 g/mol. The molecule has 0 amide bonds. The summed E-state index contributed by atoms with van der Waals surface area (Å²) in [6.07, 6.45) is 7.40. The SMILES string of the molecule is NC1CCCC(C(Cc2ccccc2)Cc2ccccc2)C1. The zero-order chi connectivity index (χ0) is 15.2. The van der Waals surface area contributed by atoms with E-state index >= 15 is 0 Å². The maximum Gasteiger partial charge on any atom is 0.00415 e. The van der Waals surface area contributed by atoms with Crippen molar-refractivity contribution in [1.29, 1.82) is 0 Å². The molecule has 2 aromatic rings. The van der Waals surface area contributed by atoms with Crippen LogP contribution in [-0.2, 0) is 12.8 Å². The van der Waals surface area contributed by atoms with Gasteiger partial charge in [-0.2, -0.15) is 0 Å². The molecule has 1 nitrogen and oxygen atoms in total. The Morgan fingerprint density at radius 2 is 1.36 bits per heavy atom. The molecule has 1 heteroatoms. The van der Waals surface area contributed by atoms with E-state index in [1.165, 1.54) is 49.7 Å². The lowest BCUT2D eigenvalue weighted by atomic mass is 9.73. The van der Waals surface area contributed by atoms with Gasteiger partial charge >= 0.3 is 0 Å². The van der Waals surface area contributed by atoms with E-state index in [9.17, 15) is 0 Å². The van der Waals surface area contributed by atoms with Crippen molar-refractivity contribution in [3.8, 4) is 0 Å². The van der Waals surface area contributed by atoms with Crippen LogP contribution in [0.25, 0.3) is 0 Å². The zero-order valence-corrected chi connectivity index (χ0v) is 13.3. The lowest BCUT2D eigenvalue weighted by molar-refractivity contribution is 0.226. The van der Waals surface area contributed by atoms with Crippen molar-refractivity contribution in [2.24, 2.45) is 17.6 Å². The molecule has 22 heavy (non-hydrogen) atoms. The average Bonchev–Trinajstić information content (AvgIpc) is 2.56. The van der Waals surface area contributed by atoms with Gasteiger partial charge in [0.05, 0.1) is 0 Å². The van der Waals surface area contributed by atoms with Crippen molar-refractivity contribution >= 4 is 0 Å². The van der Waals surface area contributed by atoms with E-state index in [2.05, 4.69) is 60.7 Å². The van der Waals surface area contributed by atoms with E-state index in [1.54, 1.807) is 0 Å². The highest BCUT2D eigenvalue weighted by Crippen LogP contribution is 2.33. The molecule has 0 saturated heterocycles. The monoisotopic (exact) mass is 293 g/mol. The molecule has 2 atom stereocenters. The van der Waals surface area contributed by atoms with Crippen LogP contribution in [0.4, 0.5) is 0 Å². The molecule has 0 aliphatic heterocycles. The largest absolute Gasteiger partial charge is 0.328 e. The van der Waals surface area contributed by atoms with Gasteiger partial charge in [-0.05, 0) is 48.6 Å². The van der Waals surface area contributed by atoms with E-state index in [0.717, 1.165) is 5.92 Å². The Labute approximate surface area is 134 Å². The first-order chi connectivity index (χ1) is 10.8. The molecule has 3 rings (SSSR count).